The molecule has 0 unspecified atom stereocenters. The number of nitrogens with two attached hydrogens (primary N) is 5. The number of rotatable bonds is 39. The van der Waals surface area contributed by atoms with Crippen molar-refractivity contribution in [1.29, 1.82) is 0 Å². The number of nitrogens with one attached hydrogen (secondary N) is 5. The van der Waals surface area contributed by atoms with Crippen molar-refractivity contribution in [2.24, 2.45) is 40.5 Å². The van der Waals surface area contributed by atoms with Gasteiger partial charge in [-0.2, -0.15) is 0 Å². The SMILES string of the molecule is CC(C)(C)OC(=O)C[C@@H](Cc1ccccc1)C(=O)N[C@@H](CCCCNC(=O)OCc1ccccc1)C(N)=O.CC(C)(C)OC(=O)C[C@@H](Cc1ccccc1)C(=O)O.NC(=O)[C@@H](N)CCCCNC(=O)OCc1ccccc1.NC(=O)[C@H](CCCCNC(=O)OCc1ccccc1)NC(=O)[C@@H](N)Cc1ccccc1. The van der Waals surface area contributed by atoms with Gasteiger partial charge in [-0.05, 0) is 152 Å². The van der Waals surface area contributed by atoms with Crippen molar-refractivity contribution in [3.05, 3.63) is 215 Å². The summed E-state index contributed by atoms with van der Waals surface area (Å²) in [6, 6.07) is 53.1. The summed E-state index contributed by atoms with van der Waals surface area (Å²) >= 11 is 0. The first kappa shape index (κ1) is 91.0. The number of esters is 2. The fraction of sp³-hybridized carbons (Fsp3) is 0.420. The minimum Gasteiger partial charge on any atom is -0.481 e. The molecule has 0 aliphatic rings. The first-order chi connectivity index (χ1) is 51.4. The van der Waals surface area contributed by atoms with Gasteiger partial charge in [0, 0.05) is 19.6 Å². The highest BCUT2D eigenvalue weighted by Crippen LogP contribution is 2.20. The van der Waals surface area contributed by atoms with Crippen LogP contribution in [0, 0.1) is 11.8 Å². The lowest BCUT2D eigenvalue weighted by molar-refractivity contribution is -0.159. The molecule has 0 aromatic heterocycles. The maximum atomic E-state index is 13.1. The summed E-state index contributed by atoms with van der Waals surface area (Å²) in [4.78, 5) is 130. The van der Waals surface area contributed by atoms with Gasteiger partial charge in [0.2, 0.25) is 29.5 Å². The second kappa shape index (κ2) is 51.1. The van der Waals surface area contributed by atoms with Crippen molar-refractivity contribution in [3.63, 3.8) is 0 Å². The third-order valence-corrected chi connectivity index (χ3v) is 15.6. The monoisotopic (exact) mass is 1490 g/mol. The number of alkyl carbamates (subject to hydrolysis) is 3. The van der Waals surface area contributed by atoms with Gasteiger partial charge in [-0.25, -0.2) is 14.4 Å². The Morgan fingerprint density at radius 2 is 0.648 bits per heavy atom. The Bertz CT molecular complexity index is 3650. The number of carbonyl (C=O) groups is 11. The number of amides is 8. The van der Waals surface area contributed by atoms with E-state index in [4.69, 9.17) is 52.4 Å². The van der Waals surface area contributed by atoms with Gasteiger partial charge in [-0.15, -0.1) is 0 Å². The van der Waals surface area contributed by atoms with Gasteiger partial charge in [-0.1, -0.05) is 182 Å². The molecule has 0 saturated carbocycles. The molecule has 27 nitrogen and oxygen atoms in total. The van der Waals surface area contributed by atoms with Crippen molar-refractivity contribution in [1.82, 2.24) is 26.6 Å². The van der Waals surface area contributed by atoms with E-state index in [1.807, 2.05) is 182 Å². The molecule has 0 aliphatic heterocycles. The standard InChI is InChI=1S/C29H39N3O6.C23H30N4O4.C15H20O4.C14H21N3O3/c1-29(2,3)38-25(33)19-23(18-21-12-6-4-7-13-21)27(35)32-24(26(30)34)16-10-11-17-31-28(36)37-20-22-14-8-5-9-15-22;24-19(15-17-9-3-1-4-10-17)22(29)27-20(21(25)28)13-7-8-14-26-23(30)31-16-18-11-5-2-6-12-18;1-15(2,3)19-13(16)10-12(14(17)18)9-11-7-5-4-6-8-11;15-12(13(16)18)8-4-5-9-17-14(19)20-10-11-6-2-1-3-7-11/h4-9,12-15,23-24H,10-11,16-20H2,1-3H3,(H2,30,34)(H,31,36)(H,32,35);1-6,9-12,19-20H,7-8,13-16,24H2,(H2,25,28)(H,26,30)(H,27,29);4-8,12H,9-10H2,1-3H3,(H,17,18);1-3,6-7,12H,4-5,8-10,15H2,(H2,16,18)(H,17,19)/t23-,24+;19-,20-;2*12-/m1010/s1. The van der Waals surface area contributed by atoms with Crippen LogP contribution in [0.3, 0.4) is 0 Å². The highest BCUT2D eigenvalue weighted by Gasteiger charge is 2.30. The molecule has 6 atom stereocenters. The van der Waals surface area contributed by atoms with Gasteiger partial charge in [0.05, 0.1) is 36.8 Å². The molecule has 6 rings (SSSR count). The van der Waals surface area contributed by atoms with E-state index in [1.54, 1.807) is 41.5 Å². The number of carbonyl (C=O) groups excluding carboxylic acids is 10. The van der Waals surface area contributed by atoms with E-state index in [9.17, 15) is 57.8 Å². The first-order valence-corrected chi connectivity index (χ1v) is 36.0. The van der Waals surface area contributed by atoms with E-state index >= 15 is 0 Å². The summed E-state index contributed by atoms with van der Waals surface area (Å²) in [5, 5.41) is 22.5. The van der Waals surface area contributed by atoms with Crippen molar-refractivity contribution in [2.45, 2.75) is 187 Å². The number of unbranched alkanes of at least 4 members (excludes halogenated alkanes) is 3. The largest absolute Gasteiger partial charge is 0.481 e. The van der Waals surface area contributed by atoms with Crippen molar-refractivity contribution < 1.29 is 81.5 Å². The summed E-state index contributed by atoms with van der Waals surface area (Å²) in [6.45, 7) is 12.4. The van der Waals surface area contributed by atoms with Crippen LogP contribution in [-0.4, -0.2) is 126 Å². The molecule has 0 spiro atoms. The second-order valence-corrected chi connectivity index (χ2v) is 27.4. The van der Waals surface area contributed by atoms with Crippen LogP contribution >= 0.6 is 0 Å². The van der Waals surface area contributed by atoms with Gasteiger partial charge >= 0.3 is 36.2 Å². The van der Waals surface area contributed by atoms with Crippen LogP contribution < -0.4 is 55.3 Å². The number of carboxylic acids is 1. The zero-order valence-corrected chi connectivity index (χ0v) is 62.8. The Balaban J connectivity index is 0.000000389. The predicted octanol–water partition coefficient (Wildman–Crippen LogP) is 8.82. The smallest absolute Gasteiger partial charge is 0.407 e. The predicted molar refractivity (Wildman–Crippen MR) is 409 cm³/mol. The lowest BCUT2D eigenvalue weighted by Gasteiger charge is -2.23. The molecule has 0 radical (unpaired) electrons. The minimum atomic E-state index is -0.977. The number of aliphatic carboxylic acids is 1. The number of hydrogen-bond acceptors (Lipinski definition) is 18. The molecule has 0 bridgehead atoms. The Morgan fingerprint density at radius 1 is 0.361 bits per heavy atom. The highest BCUT2D eigenvalue weighted by molar-refractivity contribution is 5.90. The topological polar surface area (TPSA) is 444 Å². The molecule has 8 amide bonds. The molecule has 108 heavy (non-hydrogen) atoms. The summed E-state index contributed by atoms with van der Waals surface area (Å²) in [5.74, 6) is -6.06. The average molecular weight is 1500 g/mol. The maximum Gasteiger partial charge on any atom is 0.407 e. The van der Waals surface area contributed by atoms with E-state index in [2.05, 4.69) is 26.6 Å². The van der Waals surface area contributed by atoms with Crippen LogP contribution in [0.1, 0.15) is 146 Å². The molecule has 16 N–H and O–H groups in total. The highest BCUT2D eigenvalue weighted by atomic mass is 16.6. The van der Waals surface area contributed by atoms with Crippen LogP contribution in [0.25, 0.3) is 0 Å². The molecule has 6 aromatic rings. The maximum absolute atomic E-state index is 13.1. The summed E-state index contributed by atoms with van der Waals surface area (Å²) in [6.07, 6.45) is 4.20. The van der Waals surface area contributed by atoms with E-state index in [1.165, 1.54) is 0 Å². The van der Waals surface area contributed by atoms with Gasteiger partial charge in [0.1, 0.15) is 43.1 Å². The molecule has 27 heteroatoms. The summed E-state index contributed by atoms with van der Waals surface area (Å²) in [5.41, 5.74) is 31.6. The minimum absolute atomic E-state index is 0.110. The Hall–Kier alpha value is -11.2. The van der Waals surface area contributed by atoms with E-state index < -0.39 is 113 Å². The quantitative estimate of drug-likeness (QED) is 0.00974. The van der Waals surface area contributed by atoms with Crippen molar-refractivity contribution in [3.8, 4) is 0 Å². The molecule has 0 heterocycles. The molecule has 586 valence electrons. The molecular formula is C81H110N10O17. The van der Waals surface area contributed by atoms with Crippen molar-refractivity contribution in [2.75, 3.05) is 19.6 Å². The Morgan fingerprint density at radius 3 is 0.954 bits per heavy atom. The fourth-order valence-electron chi connectivity index (χ4n) is 10.0. The van der Waals surface area contributed by atoms with Gasteiger partial charge < -0.3 is 84.0 Å². The van der Waals surface area contributed by atoms with E-state index in [0.717, 1.165) is 46.2 Å². The number of carboxylic acid groups (broad SMARTS) is 1. The third kappa shape index (κ3) is 43.9. The zero-order chi connectivity index (χ0) is 79.7. The molecule has 0 saturated heterocycles. The summed E-state index contributed by atoms with van der Waals surface area (Å²) < 4.78 is 25.9. The lowest BCUT2D eigenvalue weighted by Crippen LogP contribution is -2.51. The van der Waals surface area contributed by atoms with Crippen LogP contribution in [-0.2, 0) is 101 Å². The zero-order valence-electron chi connectivity index (χ0n) is 62.8. The summed E-state index contributed by atoms with van der Waals surface area (Å²) in [7, 11) is 0. The number of ether oxygens (including phenoxy) is 5. The molecule has 0 fully saturated rings. The number of hydrogen-bond donors (Lipinski definition) is 11. The number of benzene rings is 6. The van der Waals surface area contributed by atoms with Gasteiger partial charge in [-0.3, -0.25) is 38.4 Å². The average Bonchev–Trinajstić information content (AvgIpc) is 0.882. The normalized spacial score (nSPS) is 12.4. The second-order valence-electron chi connectivity index (χ2n) is 27.4. The molecule has 6 aromatic carbocycles. The van der Waals surface area contributed by atoms with E-state index in [0.29, 0.717) is 83.8 Å². The third-order valence-electron chi connectivity index (χ3n) is 15.6. The molecular weight excluding hydrogens is 1380 g/mol. The van der Waals surface area contributed by atoms with Crippen LogP contribution in [0.15, 0.2) is 182 Å². The fourth-order valence-corrected chi connectivity index (χ4v) is 10.0. The van der Waals surface area contributed by atoms with Crippen LogP contribution in [0.5, 0.6) is 0 Å². The van der Waals surface area contributed by atoms with Crippen LogP contribution in [0.2, 0.25) is 0 Å². The lowest BCUT2D eigenvalue weighted by atomic mass is 9.94. The Kier molecular flexibility index (Phi) is 43.1. The van der Waals surface area contributed by atoms with Crippen molar-refractivity contribution >= 4 is 65.7 Å². The van der Waals surface area contributed by atoms with E-state index in [-0.39, 0.29) is 32.7 Å². The van der Waals surface area contributed by atoms with Crippen LogP contribution in [0.4, 0.5) is 14.4 Å². The first-order valence-electron chi connectivity index (χ1n) is 36.0. The molecule has 0 aliphatic carbocycles. The number of primary amides is 3. The van der Waals surface area contributed by atoms with Gasteiger partial charge in [0.25, 0.3) is 0 Å². The van der Waals surface area contributed by atoms with Gasteiger partial charge in [0.15, 0.2) is 0 Å². The Labute approximate surface area is 633 Å².